The molecule has 0 saturated heterocycles. The van der Waals surface area contributed by atoms with E-state index < -0.39 is 5.97 Å². The van der Waals surface area contributed by atoms with E-state index in [0.717, 1.165) is 5.39 Å². The molecular weight excluding hydrogens is 377 g/mol. The van der Waals surface area contributed by atoms with E-state index in [1.165, 1.54) is 18.2 Å². The number of aromatic nitrogens is 1. The van der Waals surface area contributed by atoms with Crippen molar-refractivity contribution in [2.24, 2.45) is 0 Å². The highest BCUT2D eigenvalue weighted by Gasteiger charge is 2.18. The number of aromatic carboxylic acids is 1. The van der Waals surface area contributed by atoms with Crippen LogP contribution in [0, 0.1) is 0 Å². The fourth-order valence-corrected chi connectivity index (χ4v) is 3.37. The highest BCUT2D eigenvalue weighted by molar-refractivity contribution is 6.38. The number of hydrogen-bond donors (Lipinski definition) is 1. The Balaban J connectivity index is 1.98. The van der Waals surface area contributed by atoms with E-state index in [1.807, 2.05) is 6.07 Å². The van der Waals surface area contributed by atoms with Gasteiger partial charge in [0.15, 0.2) is 5.76 Å². The molecule has 0 spiro atoms. The van der Waals surface area contributed by atoms with E-state index in [9.17, 15) is 9.90 Å². The first-order valence-corrected chi connectivity index (χ1v) is 8.33. The number of ether oxygens (including phenoxy) is 1. The molecule has 2 aromatic carbocycles. The molecule has 1 N–H and O–H groups in total. The van der Waals surface area contributed by atoms with Crippen molar-refractivity contribution in [3.8, 4) is 17.2 Å². The van der Waals surface area contributed by atoms with Gasteiger partial charge in [-0.1, -0.05) is 23.2 Å². The van der Waals surface area contributed by atoms with Crippen LogP contribution in [0.25, 0.3) is 33.3 Å². The third-order valence-corrected chi connectivity index (χ3v) is 4.54. The van der Waals surface area contributed by atoms with E-state index in [0.29, 0.717) is 38.7 Å². The average molecular weight is 388 g/mol. The summed E-state index contributed by atoms with van der Waals surface area (Å²) in [4.78, 5) is 16.2. The van der Waals surface area contributed by atoms with E-state index in [-0.39, 0.29) is 10.6 Å². The maximum absolute atomic E-state index is 11.7. The minimum absolute atomic E-state index is 0.0486. The Kier molecular flexibility index (Phi) is 3.98. The Bertz CT molecular complexity index is 1180. The van der Waals surface area contributed by atoms with Gasteiger partial charge in [0.2, 0.25) is 0 Å². The minimum atomic E-state index is -1.10. The summed E-state index contributed by atoms with van der Waals surface area (Å²) < 4.78 is 11.0. The van der Waals surface area contributed by atoms with Crippen LogP contribution >= 0.6 is 23.2 Å². The summed E-state index contributed by atoms with van der Waals surface area (Å²) in [5.41, 5.74) is 1.41. The summed E-state index contributed by atoms with van der Waals surface area (Å²) in [6.07, 6.45) is 0. The molecule has 0 atom stereocenters. The van der Waals surface area contributed by atoms with Gasteiger partial charge in [0.05, 0.1) is 23.2 Å². The van der Waals surface area contributed by atoms with Crippen LogP contribution in [0.3, 0.4) is 0 Å². The molecule has 0 radical (unpaired) electrons. The molecule has 7 heteroatoms. The van der Waals surface area contributed by atoms with Crippen LogP contribution in [0.1, 0.15) is 10.4 Å². The van der Waals surface area contributed by atoms with Crippen LogP contribution < -0.4 is 4.74 Å². The maximum Gasteiger partial charge on any atom is 0.336 e. The summed E-state index contributed by atoms with van der Waals surface area (Å²) in [6.45, 7) is 0. The molecule has 0 fully saturated rings. The van der Waals surface area contributed by atoms with E-state index in [4.69, 9.17) is 32.4 Å². The standard InChI is InChI=1S/C19H11Cl2NO4/c1-25-11-2-3-16-9(4-11)5-17(26-16)15-8-13(19(23)24)12-6-10(20)7-14(21)18(12)22-15/h2-8H,1H3,(H,23,24). The highest BCUT2D eigenvalue weighted by Crippen LogP contribution is 2.34. The second kappa shape index (κ2) is 6.20. The first kappa shape index (κ1) is 16.7. The lowest BCUT2D eigenvalue weighted by Gasteiger charge is -2.07. The number of rotatable bonds is 3. The lowest BCUT2D eigenvalue weighted by atomic mass is 10.1. The summed E-state index contributed by atoms with van der Waals surface area (Å²) in [7, 11) is 1.58. The Morgan fingerprint density at radius 1 is 1.15 bits per heavy atom. The number of carbonyl (C=O) groups is 1. The third-order valence-electron chi connectivity index (χ3n) is 4.04. The van der Waals surface area contributed by atoms with Crippen molar-refractivity contribution in [1.29, 1.82) is 0 Å². The predicted molar refractivity (Wildman–Crippen MR) is 100 cm³/mol. The molecule has 0 bridgehead atoms. The van der Waals surface area contributed by atoms with E-state index in [1.54, 1.807) is 25.3 Å². The van der Waals surface area contributed by atoms with Crippen molar-refractivity contribution in [2.45, 2.75) is 0 Å². The molecule has 4 aromatic rings. The lowest BCUT2D eigenvalue weighted by molar-refractivity contribution is 0.0699. The zero-order valence-corrected chi connectivity index (χ0v) is 14.9. The number of furan rings is 1. The van der Waals surface area contributed by atoms with Gasteiger partial charge in [0.1, 0.15) is 17.0 Å². The van der Waals surface area contributed by atoms with Gasteiger partial charge >= 0.3 is 5.97 Å². The summed E-state index contributed by atoms with van der Waals surface area (Å²) in [6, 6.07) is 11.7. The second-order valence-corrected chi connectivity index (χ2v) is 6.50. The quantitative estimate of drug-likeness (QED) is 0.490. The molecule has 0 aliphatic carbocycles. The van der Waals surface area contributed by atoms with Crippen molar-refractivity contribution in [3.05, 3.63) is 58.1 Å². The summed E-state index contributed by atoms with van der Waals surface area (Å²) in [5.74, 6) is 0.0265. The molecule has 2 heterocycles. The SMILES string of the molecule is COc1ccc2oc(-c3cc(C(=O)O)c4cc(Cl)cc(Cl)c4n3)cc2c1. The molecular formula is C19H11Cl2NO4. The van der Waals surface area contributed by atoms with Crippen LogP contribution in [0.15, 0.2) is 46.9 Å². The van der Waals surface area contributed by atoms with Gasteiger partial charge in [-0.25, -0.2) is 9.78 Å². The smallest absolute Gasteiger partial charge is 0.336 e. The summed E-state index contributed by atoms with van der Waals surface area (Å²) in [5, 5.41) is 11.4. The van der Waals surface area contributed by atoms with E-state index in [2.05, 4.69) is 4.98 Å². The van der Waals surface area contributed by atoms with Crippen LogP contribution in [0.4, 0.5) is 0 Å². The molecule has 0 aliphatic heterocycles. The molecule has 130 valence electrons. The van der Waals surface area contributed by atoms with Gasteiger partial charge in [-0.05, 0) is 42.5 Å². The number of nitrogens with zero attached hydrogens (tertiary/aromatic N) is 1. The first-order valence-electron chi connectivity index (χ1n) is 7.57. The number of carboxylic acid groups (broad SMARTS) is 1. The molecule has 0 aliphatic rings. The van der Waals surface area contributed by atoms with Gasteiger partial charge in [0, 0.05) is 15.8 Å². The fraction of sp³-hybridized carbons (Fsp3) is 0.0526. The summed E-state index contributed by atoms with van der Waals surface area (Å²) >= 11 is 12.2. The molecule has 2 aromatic heterocycles. The van der Waals surface area contributed by atoms with Crippen molar-refractivity contribution < 1.29 is 19.1 Å². The van der Waals surface area contributed by atoms with Gasteiger partial charge in [-0.2, -0.15) is 0 Å². The highest BCUT2D eigenvalue weighted by atomic mass is 35.5. The monoisotopic (exact) mass is 387 g/mol. The topological polar surface area (TPSA) is 72.6 Å². The second-order valence-electron chi connectivity index (χ2n) is 5.66. The number of carboxylic acids is 1. The van der Waals surface area contributed by atoms with Gasteiger partial charge in [0.25, 0.3) is 0 Å². The normalized spacial score (nSPS) is 11.2. The maximum atomic E-state index is 11.7. The number of halogens is 2. The predicted octanol–water partition coefficient (Wildman–Crippen LogP) is 5.66. The number of pyridine rings is 1. The fourth-order valence-electron chi connectivity index (χ4n) is 2.83. The van der Waals surface area contributed by atoms with Crippen LogP contribution in [-0.2, 0) is 0 Å². The Labute approximate surface area is 157 Å². The van der Waals surface area contributed by atoms with Gasteiger partial charge < -0.3 is 14.3 Å². The zero-order valence-electron chi connectivity index (χ0n) is 13.4. The Morgan fingerprint density at radius 3 is 2.69 bits per heavy atom. The number of benzene rings is 2. The number of hydrogen-bond acceptors (Lipinski definition) is 4. The first-order chi connectivity index (χ1) is 12.5. The number of fused-ring (bicyclic) bond motifs is 2. The van der Waals surface area contributed by atoms with Gasteiger partial charge in [-0.3, -0.25) is 0 Å². The molecule has 4 rings (SSSR count). The molecule has 0 saturated carbocycles. The minimum Gasteiger partial charge on any atom is -0.497 e. The van der Waals surface area contributed by atoms with Crippen molar-refractivity contribution in [2.75, 3.05) is 7.11 Å². The van der Waals surface area contributed by atoms with E-state index >= 15 is 0 Å². The molecule has 0 unspecified atom stereocenters. The van der Waals surface area contributed by atoms with Crippen LogP contribution in [0.5, 0.6) is 5.75 Å². The number of methoxy groups -OCH3 is 1. The third kappa shape index (κ3) is 2.75. The molecule has 0 amide bonds. The van der Waals surface area contributed by atoms with Gasteiger partial charge in [-0.15, -0.1) is 0 Å². The zero-order chi connectivity index (χ0) is 18.4. The molecule has 5 nitrogen and oxygen atoms in total. The van der Waals surface area contributed by atoms with Crippen molar-refractivity contribution >= 4 is 51.0 Å². The van der Waals surface area contributed by atoms with Crippen molar-refractivity contribution in [1.82, 2.24) is 4.98 Å². The molecule has 26 heavy (non-hydrogen) atoms. The van der Waals surface area contributed by atoms with Crippen LogP contribution in [-0.4, -0.2) is 23.2 Å². The average Bonchev–Trinajstić information content (AvgIpc) is 3.03. The van der Waals surface area contributed by atoms with Crippen molar-refractivity contribution in [3.63, 3.8) is 0 Å². The van der Waals surface area contributed by atoms with Crippen LogP contribution in [0.2, 0.25) is 10.0 Å². The Morgan fingerprint density at radius 2 is 1.96 bits per heavy atom. The largest absolute Gasteiger partial charge is 0.497 e. The Hall–Kier alpha value is -2.76. The lowest BCUT2D eigenvalue weighted by Crippen LogP contribution is -2.00.